The number of aryl methyl sites for hydroxylation is 2. The first-order valence-electron chi connectivity index (χ1n) is 7.82. The van der Waals surface area contributed by atoms with E-state index in [4.69, 9.17) is 0 Å². The molecule has 0 spiro atoms. The lowest BCUT2D eigenvalue weighted by Crippen LogP contribution is -2.24. The minimum Gasteiger partial charge on any atom is -0.374 e. The van der Waals surface area contributed by atoms with Crippen LogP contribution in [-0.2, 0) is 19.5 Å². The second-order valence-corrected chi connectivity index (χ2v) is 6.02. The average Bonchev–Trinajstić information content (AvgIpc) is 2.49. The van der Waals surface area contributed by atoms with Crippen LogP contribution in [0.4, 0.5) is 5.69 Å². The Balaban J connectivity index is 1.62. The Morgan fingerprint density at radius 3 is 2.81 bits per heavy atom. The maximum Gasteiger partial charge on any atom is 0.0396 e. The Labute approximate surface area is 127 Å². The van der Waals surface area contributed by atoms with Crippen LogP contribution in [0.15, 0.2) is 42.5 Å². The fourth-order valence-electron chi connectivity index (χ4n) is 3.10. The standard InChI is InChI=1S/C19H24N2/c1-15-6-3-4-7-18(15)14-20-13-16-9-10-19-17(12-16)8-5-11-21(19)2/h3-4,6-7,9-10,12,20H,5,8,11,13-14H2,1-2H3. The van der Waals surface area contributed by atoms with Gasteiger partial charge in [-0.05, 0) is 48.1 Å². The molecule has 2 heteroatoms. The van der Waals surface area contributed by atoms with Gasteiger partial charge in [-0.1, -0.05) is 36.4 Å². The van der Waals surface area contributed by atoms with Crippen molar-refractivity contribution in [1.29, 1.82) is 0 Å². The van der Waals surface area contributed by atoms with Crippen LogP contribution in [0.1, 0.15) is 28.7 Å². The summed E-state index contributed by atoms with van der Waals surface area (Å²) < 4.78 is 0. The van der Waals surface area contributed by atoms with Crippen molar-refractivity contribution in [2.24, 2.45) is 0 Å². The molecular weight excluding hydrogens is 256 g/mol. The molecule has 0 saturated heterocycles. The van der Waals surface area contributed by atoms with Gasteiger partial charge in [0, 0.05) is 32.4 Å². The van der Waals surface area contributed by atoms with Crippen molar-refractivity contribution in [3.05, 3.63) is 64.7 Å². The highest BCUT2D eigenvalue weighted by atomic mass is 15.1. The van der Waals surface area contributed by atoms with Crippen molar-refractivity contribution in [3.8, 4) is 0 Å². The molecule has 1 aliphatic heterocycles. The molecule has 21 heavy (non-hydrogen) atoms. The summed E-state index contributed by atoms with van der Waals surface area (Å²) in [7, 11) is 2.19. The number of hydrogen-bond donors (Lipinski definition) is 1. The molecular formula is C19H24N2. The predicted molar refractivity (Wildman–Crippen MR) is 89.8 cm³/mol. The van der Waals surface area contributed by atoms with E-state index in [1.165, 1.54) is 47.3 Å². The molecule has 2 aromatic carbocycles. The lowest BCUT2D eigenvalue weighted by atomic mass is 9.99. The molecule has 2 nitrogen and oxygen atoms in total. The zero-order valence-corrected chi connectivity index (χ0v) is 13.0. The van der Waals surface area contributed by atoms with Gasteiger partial charge in [-0.2, -0.15) is 0 Å². The van der Waals surface area contributed by atoms with Crippen molar-refractivity contribution in [2.75, 3.05) is 18.5 Å². The number of benzene rings is 2. The predicted octanol–water partition coefficient (Wildman–Crippen LogP) is 3.67. The number of nitrogens with one attached hydrogen (secondary N) is 1. The summed E-state index contributed by atoms with van der Waals surface area (Å²) in [4.78, 5) is 2.36. The monoisotopic (exact) mass is 280 g/mol. The molecule has 110 valence electrons. The van der Waals surface area contributed by atoms with Gasteiger partial charge >= 0.3 is 0 Å². The van der Waals surface area contributed by atoms with Gasteiger partial charge in [0.2, 0.25) is 0 Å². The first kappa shape index (κ1) is 14.2. The molecule has 0 aromatic heterocycles. The Morgan fingerprint density at radius 2 is 1.95 bits per heavy atom. The van der Waals surface area contributed by atoms with E-state index in [2.05, 4.69) is 66.7 Å². The first-order chi connectivity index (χ1) is 10.2. The molecule has 3 rings (SSSR count). The maximum absolute atomic E-state index is 3.56. The van der Waals surface area contributed by atoms with Gasteiger partial charge in [0.25, 0.3) is 0 Å². The van der Waals surface area contributed by atoms with Crippen LogP contribution in [0.25, 0.3) is 0 Å². The zero-order valence-electron chi connectivity index (χ0n) is 13.0. The van der Waals surface area contributed by atoms with Crippen molar-refractivity contribution in [2.45, 2.75) is 32.9 Å². The van der Waals surface area contributed by atoms with Gasteiger partial charge in [-0.3, -0.25) is 0 Å². The third-order valence-corrected chi connectivity index (χ3v) is 4.40. The SMILES string of the molecule is Cc1ccccc1CNCc1ccc2c(c1)CCCN2C. The van der Waals surface area contributed by atoms with Crippen LogP contribution in [0, 0.1) is 6.92 Å². The van der Waals surface area contributed by atoms with Crippen molar-refractivity contribution >= 4 is 5.69 Å². The van der Waals surface area contributed by atoms with Gasteiger partial charge < -0.3 is 10.2 Å². The molecule has 0 radical (unpaired) electrons. The van der Waals surface area contributed by atoms with Gasteiger partial charge in [0.1, 0.15) is 0 Å². The summed E-state index contributed by atoms with van der Waals surface area (Å²) in [6, 6.07) is 15.5. The molecule has 1 aliphatic rings. The fraction of sp³-hybridized carbons (Fsp3) is 0.368. The van der Waals surface area contributed by atoms with E-state index in [9.17, 15) is 0 Å². The molecule has 2 aromatic rings. The minimum atomic E-state index is 0.934. The van der Waals surface area contributed by atoms with Gasteiger partial charge in [0.05, 0.1) is 0 Å². The second-order valence-electron chi connectivity index (χ2n) is 6.02. The van der Waals surface area contributed by atoms with E-state index in [0.717, 1.165) is 13.1 Å². The topological polar surface area (TPSA) is 15.3 Å². The van der Waals surface area contributed by atoms with Crippen LogP contribution in [-0.4, -0.2) is 13.6 Å². The average molecular weight is 280 g/mol. The van der Waals surface area contributed by atoms with Crippen molar-refractivity contribution in [3.63, 3.8) is 0 Å². The molecule has 0 bridgehead atoms. The van der Waals surface area contributed by atoms with E-state index in [1.54, 1.807) is 0 Å². The number of hydrogen-bond acceptors (Lipinski definition) is 2. The Bertz CT molecular complexity index is 619. The van der Waals surface area contributed by atoms with Gasteiger partial charge in [-0.15, -0.1) is 0 Å². The molecule has 1 N–H and O–H groups in total. The smallest absolute Gasteiger partial charge is 0.0396 e. The Kier molecular flexibility index (Phi) is 4.26. The first-order valence-corrected chi connectivity index (χ1v) is 7.82. The Morgan fingerprint density at radius 1 is 1.10 bits per heavy atom. The molecule has 0 amide bonds. The van der Waals surface area contributed by atoms with E-state index in [1.807, 2.05) is 0 Å². The van der Waals surface area contributed by atoms with Crippen molar-refractivity contribution < 1.29 is 0 Å². The van der Waals surface area contributed by atoms with E-state index < -0.39 is 0 Å². The molecule has 0 saturated carbocycles. The summed E-state index contributed by atoms with van der Waals surface area (Å²) in [5.74, 6) is 0. The fourth-order valence-corrected chi connectivity index (χ4v) is 3.10. The van der Waals surface area contributed by atoms with Crippen LogP contribution in [0.3, 0.4) is 0 Å². The summed E-state index contributed by atoms with van der Waals surface area (Å²) in [6.07, 6.45) is 2.48. The summed E-state index contributed by atoms with van der Waals surface area (Å²) in [5.41, 5.74) is 7.03. The normalized spacial score (nSPS) is 14.1. The summed E-state index contributed by atoms with van der Waals surface area (Å²) in [5, 5.41) is 3.56. The number of rotatable bonds is 4. The zero-order chi connectivity index (χ0) is 14.7. The highest BCUT2D eigenvalue weighted by Crippen LogP contribution is 2.26. The van der Waals surface area contributed by atoms with E-state index in [-0.39, 0.29) is 0 Å². The number of fused-ring (bicyclic) bond motifs is 1. The molecule has 0 aliphatic carbocycles. The van der Waals surface area contributed by atoms with Crippen LogP contribution in [0.5, 0.6) is 0 Å². The van der Waals surface area contributed by atoms with Crippen LogP contribution in [0.2, 0.25) is 0 Å². The lowest BCUT2D eigenvalue weighted by Gasteiger charge is -2.27. The van der Waals surface area contributed by atoms with Gasteiger partial charge in [-0.25, -0.2) is 0 Å². The summed E-state index contributed by atoms with van der Waals surface area (Å²) >= 11 is 0. The summed E-state index contributed by atoms with van der Waals surface area (Å²) in [6.45, 7) is 5.22. The van der Waals surface area contributed by atoms with E-state index >= 15 is 0 Å². The van der Waals surface area contributed by atoms with Crippen LogP contribution >= 0.6 is 0 Å². The number of anilines is 1. The third-order valence-electron chi connectivity index (χ3n) is 4.40. The molecule has 1 heterocycles. The largest absolute Gasteiger partial charge is 0.374 e. The minimum absolute atomic E-state index is 0.934. The highest BCUT2D eigenvalue weighted by Gasteiger charge is 2.13. The molecule has 0 fully saturated rings. The second kappa shape index (κ2) is 6.31. The van der Waals surface area contributed by atoms with Gasteiger partial charge in [0.15, 0.2) is 0 Å². The molecule has 0 unspecified atom stereocenters. The molecule has 0 atom stereocenters. The Hall–Kier alpha value is -1.80. The van der Waals surface area contributed by atoms with E-state index in [0.29, 0.717) is 0 Å². The maximum atomic E-state index is 3.56. The third kappa shape index (κ3) is 3.27. The quantitative estimate of drug-likeness (QED) is 0.919. The number of nitrogens with zero attached hydrogens (tertiary/aromatic N) is 1. The highest BCUT2D eigenvalue weighted by molar-refractivity contribution is 5.56. The lowest BCUT2D eigenvalue weighted by molar-refractivity contribution is 0.686. The van der Waals surface area contributed by atoms with Crippen LogP contribution < -0.4 is 10.2 Å². The van der Waals surface area contributed by atoms with Crippen molar-refractivity contribution in [1.82, 2.24) is 5.32 Å².